The minimum atomic E-state index is 0.523. The Morgan fingerprint density at radius 1 is 1.38 bits per heavy atom. The third-order valence-electron chi connectivity index (χ3n) is 4.07. The molecule has 0 saturated carbocycles. The molecule has 0 aliphatic carbocycles. The van der Waals surface area contributed by atoms with E-state index in [2.05, 4.69) is 32.5 Å². The number of fused-ring (bicyclic) bond motifs is 1. The first-order chi connectivity index (χ1) is 10.4. The summed E-state index contributed by atoms with van der Waals surface area (Å²) in [6.07, 6.45) is 4.35. The summed E-state index contributed by atoms with van der Waals surface area (Å²) >= 11 is 0. The fraction of sp³-hybridized carbons (Fsp3) is 0.500. The van der Waals surface area contributed by atoms with E-state index in [1.807, 2.05) is 18.3 Å². The molecule has 1 aromatic carbocycles. The van der Waals surface area contributed by atoms with Crippen LogP contribution in [-0.4, -0.2) is 49.6 Å². The molecule has 5 heteroatoms. The summed E-state index contributed by atoms with van der Waals surface area (Å²) in [6.45, 7) is 3.73. The molecule has 1 atom stereocenters. The second-order valence-corrected chi connectivity index (χ2v) is 5.43. The molecule has 0 amide bonds. The molecule has 2 aromatic rings. The van der Waals surface area contributed by atoms with Gasteiger partial charge in [-0.2, -0.15) is 10.2 Å². The summed E-state index contributed by atoms with van der Waals surface area (Å²) in [6, 6.07) is 8.75. The van der Waals surface area contributed by atoms with Gasteiger partial charge in [-0.3, -0.25) is 0 Å². The van der Waals surface area contributed by atoms with Crippen molar-refractivity contribution in [3.05, 3.63) is 30.5 Å². The normalized spacial score (nSPS) is 18.5. The van der Waals surface area contributed by atoms with Crippen LogP contribution in [0.15, 0.2) is 30.5 Å². The summed E-state index contributed by atoms with van der Waals surface area (Å²) in [5.74, 6) is 0. The van der Waals surface area contributed by atoms with E-state index < -0.39 is 0 Å². The zero-order chi connectivity index (χ0) is 14.5. The quantitative estimate of drug-likeness (QED) is 0.821. The molecule has 21 heavy (non-hydrogen) atoms. The average Bonchev–Trinajstić information content (AvgIpc) is 2.99. The number of methoxy groups -OCH3 is 1. The Morgan fingerprint density at radius 2 is 2.29 bits per heavy atom. The molecule has 1 aromatic heterocycles. The minimum Gasteiger partial charge on any atom is -0.383 e. The molecule has 3 rings (SSSR count). The SMILES string of the molecule is COCCNCC1CCCN1c1cnnc2ccccc12. The van der Waals surface area contributed by atoms with E-state index in [1.54, 1.807) is 7.11 Å². The van der Waals surface area contributed by atoms with Gasteiger partial charge in [-0.15, -0.1) is 0 Å². The Bertz CT molecular complexity index is 584. The molecule has 1 saturated heterocycles. The van der Waals surface area contributed by atoms with Crippen LogP contribution in [0.25, 0.3) is 10.9 Å². The monoisotopic (exact) mass is 286 g/mol. The molecule has 0 radical (unpaired) electrons. The van der Waals surface area contributed by atoms with Crippen LogP contribution < -0.4 is 10.2 Å². The van der Waals surface area contributed by atoms with Crippen molar-refractivity contribution in [2.45, 2.75) is 18.9 Å². The zero-order valence-electron chi connectivity index (χ0n) is 12.5. The molecule has 1 aliphatic rings. The van der Waals surface area contributed by atoms with E-state index in [9.17, 15) is 0 Å². The number of nitrogens with one attached hydrogen (secondary N) is 1. The number of benzene rings is 1. The molecule has 1 N–H and O–H groups in total. The third-order valence-corrected chi connectivity index (χ3v) is 4.07. The van der Waals surface area contributed by atoms with Crippen molar-refractivity contribution in [3.8, 4) is 0 Å². The first-order valence-electron chi connectivity index (χ1n) is 7.57. The van der Waals surface area contributed by atoms with Crippen molar-refractivity contribution >= 4 is 16.6 Å². The van der Waals surface area contributed by atoms with Gasteiger partial charge in [0.1, 0.15) is 0 Å². The average molecular weight is 286 g/mol. The first-order valence-corrected chi connectivity index (χ1v) is 7.57. The van der Waals surface area contributed by atoms with E-state index in [0.29, 0.717) is 6.04 Å². The van der Waals surface area contributed by atoms with Crippen molar-refractivity contribution < 1.29 is 4.74 Å². The molecule has 1 unspecified atom stereocenters. The summed E-state index contributed by atoms with van der Waals surface area (Å²) in [5, 5.41) is 13.0. The van der Waals surface area contributed by atoms with Crippen LogP contribution in [0.3, 0.4) is 0 Å². The van der Waals surface area contributed by atoms with Gasteiger partial charge in [-0.05, 0) is 18.9 Å². The highest BCUT2D eigenvalue weighted by molar-refractivity contribution is 5.91. The summed E-state index contributed by atoms with van der Waals surface area (Å²) < 4.78 is 5.08. The number of anilines is 1. The lowest BCUT2D eigenvalue weighted by atomic mass is 10.1. The molecule has 0 bridgehead atoms. The highest BCUT2D eigenvalue weighted by Crippen LogP contribution is 2.30. The van der Waals surface area contributed by atoms with Gasteiger partial charge < -0.3 is 15.0 Å². The number of rotatable bonds is 6. The van der Waals surface area contributed by atoms with Gasteiger partial charge in [0.2, 0.25) is 0 Å². The first kappa shape index (κ1) is 14.2. The lowest BCUT2D eigenvalue weighted by Gasteiger charge is -2.27. The second kappa shape index (κ2) is 6.83. The van der Waals surface area contributed by atoms with Gasteiger partial charge in [0.05, 0.1) is 24.0 Å². The van der Waals surface area contributed by atoms with E-state index in [0.717, 1.165) is 31.8 Å². The summed E-state index contributed by atoms with van der Waals surface area (Å²) in [7, 11) is 1.73. The molecule has 0 spiro atoms. The number of ether oxygens (including phenoxy) is 1. The van der Waals surface area contributed by atoms with Crippen molar-refractivity contribution in [1.82, 2.24) is 15.5 Å². The van der Waals surface area contributed by atoms with E-state index in [4.69, 9.17) is 4.74 Å². The Morgan fingerprint density at radius 3 is 3.19 bits per heavy atom. The van der Waals surface area contributed by atoms with E-state index >= 15 is 0 Å². The highest BCUT2D eigenvalue weighted by atomic mass is 16.5. The van der Waals surface area contributed by atoms with Crippen LogP contribution in [0.4, 0.5) is 5.69 Å². The standard InChI is InChI=1S/C16H22N4O/c1-21-10-8-17-11-13-5-4-9-20(13)16-12-18-19-15-7-3-2-6-14(15)16/h2-3,6-7,12-13,17H,4-5,8-11H2,1H3. The Balaban J connectivity index is 1.77. The van der Waals surface area contributed by atoms with Crippen molar-refractivity contribution in [2.24, 2.45) is 0 Å². The highest BCUT2D eigenvalue weighted by Gasteiger charge is 2.25. The van der Waals surface area contributed by atoms with Crippen LogP contribution in [-0.2, 0) is 4.74 Å². The van der Waals surface area contributed by atoms with Gasteiger partial charge in [-0.1, -0.05) is 18.2 Å². The molecule has 1 fully saturated rings. The van der Waals surface area contributed by atoms with Crippen molar-refractivity contribution in [2.75, 3.05) is 38.3 Å². The predicted octanol–water partition coefficient (Wildman–Crippen LogP) is 1.83. The van der Waals surface area contributed by atoms with Crippen LogP contribution in [0.5, 0.6) is 0 Å². The van der Waals surface area contributed by atoms with Crippen LogP contribution in [0, 0.1) is 0 Å². The smallest absolute Gasteiger partial charge is 0.0950 e. The molecule has 112 valence electrons. The zero-order valence-corrected chi connectivity index (χ0v) is 12.5. The molecule has 2 heterocycles. The van der Waals surface area contributed by atoms with Gasteiger partial charge in [0, 0.05) is 38.2 Å². The van der Waals surface area contributed by atoms with Gasteiger partial charge in [-0.25, -0.2) is 0 Å². The van der Waals surface area contributed by atoms with Crippen LogP contribution >= 0.6 is 0 Å². The molecular weight excluding hydrogens is 264 g/mol. The maximum atomic E-state index is 5.08. The lowest BCUT2D eigenvalue weighted by Crippen LogP contribution is -2.39. The Kier molecular flexibility index (Phi) is 4.62. The molecule has 5 nitrogen and oxygen atoms in total. The Hall–Kier alpha value is -1.72. The number of nitrogens with zero attached hydrogens (tertiary/aromatic N) is 3. The van der Waals surface area contributed by atoms with Crippen molar-refractivity contribution in [1.29, 1.82) is 0 Å². The largest absolute Gasteiger partial charge is 0.383 e. The predicted molar refractivity (Wildman–Crippen MR) is 84.7 cm³/mol. The number of aromatic nitrogens is 2. The van der Waals surface area contributed by atoms with Gasteiger partial charge >= 0.3 is 0 Å². The topological polar surface area (TPSA) is 50.3 Å². The van der Waals surface area contributed by atoms with Crippen LogP contribution in [0.2, 0.25) is 0 Å². The molecule has 1 aliphatic heterocycles. The van der Waals surface area contributed by atoms with Crippen molar-refractivity contribution in [3.63, 3.8) is 0 Å². The summed E-state index contributed by atoms with van der Waals surface area (Å²) in [5.41, 5.74) is 2.17. The Labute approximate surface area is 125 Å². The van der Waals surface area contributed by atoms with E-state index in [1.165, 1.54) is 23.9 Å². The third kappa shape index (κ3) is 3.14. The number of hydrogen-bond acceptors (Lipinski definition) is 5. The fourth-order valence-corrected chi connectivity index (χ4v) is 3.03. The fourth-order valence-electron chi connectivity index (χ4n) is 3.03. The number of hydrogen-bond donors (Lipinski definition) is 1. The maximum Gasteiger partial charge on any atom is 0.0950 e. The summed E-state index contributed by atoms with van der Waals surface area (Å²) in [4.78, 5) is 2.47. The van der Waals surface area contributed by atoms with Gasteiger partial charge in [0.15, 0.2) is 0 Å². The molecular formula is C16H22N4O. The van der Waals surface area contributed by atoms with E-state index in [-0.39, 0.29) is 0 Å². The van der Waals surface area contributed by atoms with Gasteiger partial charge in [0.25, 0.3) is 0 Å². The van der Waals surface area contributed by atoms with Crippen LogP contribution in [0.1, 0.15) is 12.8 Å². The minimum absolute atomic E-state index is 0.523. The lowest BCUT2D eigenvalue weighted by molar-refractivity contribution is 0.199. The second-order valence-electron chi connectivity index (χ2n) is 5.43. The maximum absolute atomic E-state index is 5.08.